The summed E-state index contributed by atoms with van der Waals surface area (Å²) in [5.74, 6) is 0.852. The van der Waals surface area contributed by atoms with Crippen LogP contribution in [0.25, 0.3) is 0 Å². The zero-order valence-corrected chi connectivity index (χ0v) is 13.9. The second-order valence-electron chi connectivity index (χ2n) is 5.70. The Bertz CT molecular complexity index is 644. The molecule has 0 aliphatic heterocycles. The van der Waals surface area contributed by atoms with E-state index in [1.165, 1.54) is 0 Å². The predicted molar refractivity (Wildman–Crippen MR) is 90.7 cm³/mol. The quantitative estimate of drug-likeness (QED) is 0.884. The van der Waals surface area contributed by atoms with Gasteiger partial charge in [-0.05, 0) is 38.3 Å². The van der Waals surface area contributed by atoms with E-state index >= 15 is 0 Å². The number of aromatic nitrogens is 1. The SMILES string of the molecule is Cc1cnc(CNC(=O)NC2CCCC2Oc2ccccc2)s1. The minimum absolute atomic E-state index is 0.0326. The smallest absolute Gasteiger partial charge is 0.315 e. The van der Waals surface area contributed by atoms with Crippen LogP contribution in [0.2, 0.25) is 0 Å². The Labute approximate surface area is 140 Å². The van der Waals surface area contributed by atoms with Crippen molar-refractivity contribution in [3.8, 4) is 5.75 Å². The number of hydrogen-bond acceptors (Lipinski definition) is 4. The average molecular weight is 331 g/mol. The molecule has 0 radical (unpaired) electrons. The highest BCUT2D eigenvalue weighted by Crippen LogP contribution is 2.24. The molecule has 0 bridgehead atoms. The van der Waals surface area contributed by atoms with Gasteiger partial charge in [-0.15, -0.1) is 11.3 Å². The molecule has 23 heavy (non-hydrogen) atoms. The monoisotopic (exact) mass is 331 g/mol. The van der Waals surface area contributed by atoms with Crippen molar-refractivity contribution >= 4 is 17.4 Å². The van der Waals surface area contributed by atoms with E-state index in [0.717, 1.165) is 34.9 Å². The van der Waals surface area contributed by atoms with Crippen LogP contribution in [-0.2, 0) is 6.54 Å². The van der Waals surface area contributed by atoms with Crippen LogP contribution in [0.4, 0.5) is 4.79 Å². The molecule has 2 atom stereocenters. The highest BCUT2D eigenvalue weighted by Gasteiger charge is 2.30. The number of hydrogen-bond donors (Lipinski definition) is 2. The summed E-state index contributed by atoms with van der Waals surface area (Å²) in [4.78, 5) is 17.5. The minimum Gasteiger partial charge on any atom is -0.488 e. The Balaban J connectivity index is 1.48. The maximum atomic E-state index is 12.1. The lowest BCUT2D eigenvalue weighted by atomic mass is 10.2. The summed E-state index contributed by atoms with van der Waals surface area (Å²) in [5, 5.41) is 6.81. The molecule has 2 amide bonds. The molecule has 1 heterocycles. The van der Waals surface area contributed by atoms with E-state index in [0.29, 0.717) is 6.54 Å². The van der Waals surface area contributed by atoms with E-state index in [1.54, 1.807) is 11.3 Å². The van der Waals surface area contributed by atoms with Crippen molar-refractivity contribution in [2.24, 2.45) is 0 Å². The van der Waals surface area contributed by atoms with Gasteiger partial charge in [-0.3, -0.25) is 0 Å². The summed E-state index contributed by atoms with van der Waals surface area (Å²) in [5.41, 5.74) is 0. The Morgan fingerprint density at radius 3 is 2.91 bits per heavy atom. The van der Waals surface area contributed by atoms with Gasteiger partial charge in [0.2, 0.25) is 0 Å². The molecular weight excluding hydrogens is 310 g/mol. The third kappa shape index (κ3) is 4.45. The number of urea groups is 1. The van der Waals surface area contributed by atoms with E-state index < -0.39 is 0 Å². The Morgan fingerprint density at radius 1 is 1.35 bits per heavy atom. The van der Waals surface area contributed by atoms with E-state index in [9.17, 15) is 4.79 Å². The summed E-state index contributed by atoms with van der Waals surface area (Å²) in [7, 11) is 0. The Morgan fingerprint density at radius 2 is 2.17 bits per heavy atom. The highest BCUT2D eigenvalue weighted by molar-refractivity contribution is 7.11. The van der Waals surface area contributed by atoms with Gasteiger partial charge in [0.15, 0.2) is 0 Å². The molecule has 2 unspecified atom stereocenters. The fraction of sp³-hybridized carbons (Fsp3) is 0.412. The number of para-hydroxylation sites is 1. The van der Waals surface area contributed by atoms with Crippen LogP contribution in [0, 0.1) is 6.92 Å². The van der Waals surface area contributed by atoms with Gasteiger partial charge in [-0.1, -0.05) is 18.2 Å². The van der Waals surface area contributed by atoms with Gasteiger partial charge < -0.3 is 15.4 Å². The van der Waals surface area contributed by atoms with Gasteiger partial charge in [-0.2, -0.15) is 0 Å². The minimum atomic E-state index is -0.161. The van der Waals surface area contributed by atoms with Crippen LogP contribution < -0.4 is 15.4 Å². The number of carbonyl (C=O) groups is 1. The van der Waals surface area contributed by atoms with Crippen molar-refractivity contribution in [1.82, 2.24) is 15.6 Å². The first-order valence-electron chi connectivity index (χ1n) is 7.88. The molecule has 1 aliphatic rings. The predicted octanol–water partition coefficient (Wildman–Crippen LogP) is 3.25. The molecule has 0 spiro atoms. The van der Waals surface area contributed by atoms with Gasteiger partial charge in [0.05, 0.1) is 12.6 Å². The van der Waals surface area contributed by atoms with Crippen molar-refractivity contribution in [1.29, 1.82) is 0 Å². The molecule has 1 aromatic carbocycles. The molecule has 3 rings (SSSR count). The topological polar surface area (TPSA) is 63.2 Å². The fourth-order valence-electron chi connectivity index (χ4n) is 2.76. The molecule has 6 heteroatoms. The number of aryl methyl sites for hydroxylation is 1. The van der Waals surface area contributed by atoms with Crippen molar-refractivity contribution in [2.45, 2.75) is 44.9 Å². The number of amides is 2. The lowest BCUT2D eigenvalue weighted by molar-refractivity contribution is 0.172. The summed E-state index contributed by atoms with van der Waals surface area (Å²) in [6.07, 6.45) is 4.83. The molecule has 122 valence electrons. The normalized spacial score (nSPS) is 20.2. The Kier molecular flexibility index (Phi) is 5.12. The molecule has 1 fully saturated rings. The van der Waals surface area contributed by atoms with Crippen molar-refractivity contribution in [3.05, 3.63) is 46.4 Å². The second-order valence-corrected chi connectivity index (χ2v) is 7.02. The summed E-state index contributed by atoms with van der Waals surface area (Å²) >= 11 is 1.60. The van der Waals surface area contributed by atoms with Gasteiger partial charge in [0, 0.05) is 11.1 Å². The van der Waals surface area contributed by atoms with Crippen LogP contribution in [0.3, 0.4) is 0 Å². The van der Waals surface area contributed by atoms with Crippen molar-refractivity contribution < 1.29 is 9.53 Å². The second kappa shape index (κ2) is 7.46. The largest absolute Gasteiger partial charge is 0.488 e. The first-order valence-corrected chi connectivity index (χ1v) is 8.70. The number of nitrogens with zero attached hydrogens (tertiary/aromatic N) is 1. The number of nitrogens with one attached hydrogen (secondary N) is 2. The van der Waals surface area contributed by atoms with Gasteiger partial charge in [0.25, 0.3) is 0 Å². The number of rotatable bonds is 5. The van der Waals surface area contributed by atoms with Gasteiger partial charge in [0.1, 0.15) is 16.9 Å². The molecule has 1 aromatic heterocycles. The van der Waals surface area contributed by atoms with Crippen LogP contribution >= 0.6 is 11.3 Å². The average Bonchev–Trinajstić information content (AvgIpc) is 3.16. The fourth-order valence-corrected chi connectivity index (χ4v) is 3.49. The van der Waals surface area contributed by atoms with E-state index in [1.807, 2.05) is 43.5 Å². The first kappa shape index (κ1) is 15.8. The molecule has 5 nitrogen and oxygen atoms in total. The zero-order valence-electron chi connectivity index (χ0n) is 13.1. The van der Waals surface area contributed by atoms with E-state index in [4.69, 9.17) is 4.74 Å². The van der Waals surface area contributed by atoms with Crippen LogP contribution in [0.5, 0.6) is 5.75 Å². The van der Waals surface area contributed by atoms with Gasteiger partial charge >= 0.3 is 6.03 Å². The summed E-state index contributed by atoms with van der Waals surface area (Å²) < 4.78 is 6.00. The first-order chi connectivity index (χ1) is 11.2. The molecule has 1 saturated carbocycles. The third-order valence-electron chi connectivity index (χ3n) is 3.87. The van der Waals surface area contributed by atoms with E-state index in [2.05, 4.69) is 15.6 Å². The molecular formula is C17H21N3O2S. The third-order valence-corrected chi connectivity index (χ3v) is 4.78. The van der Waals surface area contributed by atoms with Crippen LogP contribution in [0.1, 0.15) is 29.1 Å². The number of benzene rings is 1. The maximum Gasteiger partial charge on any atom is 0.315 e. The molecule has 2 aromatic rings. The lowest BCUT2D eigenvalue weighted by Crippen LogP contribution is -2.46. The number of thiazole rings is 1. The lowest BCUT2D eigenvalue weighted by Gasteiger charge is -2.22. The van der Waals surface area contributed by atoms with Crippen LogP contribution in [-0.4, -0.2) is 23.2 Å². The van der Waals surface area contributed by atoms with Gasteiger partial charge in [-0.25, -0.2) is 9.78 Å². The highest BCUT2D eigenvalue weighted by atomic mass is 32.1. The number of ether oxygens (including phenoxy) is 1. The Hall–Kier alpha value is -2.08. The zero-order chi connectivity index (χ0) is 16.1. The molecule has 0 saturated heterocycles. The van der Waals surface area contributed by atoms with E-state index in [-0.39, 0.29) is 18.2 Å². The van der Waals surface area contributed by atoms with Crippen LogP contribution in [0.15, 0.2) is 36.5 Å². The number of carbonyl (C=O) groups excluding carboxylic acids is 1. The maximum absolute atomic E-state index is 12.1. The molecule has 1 aliphatic carbocycles. The standard InChI is InChI=1S/C17H21N3O2S/c1-12-10-18-16(23-12)11-19-17(21)20-14-8-5-9-15(14)22-13-6-3-2-4-7-13/h2-4,6-7,10,14-15H,5,8-9,11H2,1H3,(H2,19,20,21). The van der Waals surface area contributed by atoms with Crippen molar-refractivity contribution in [3.63, 3.8) is 0 Å². The summed E-state index contributed by atoms with van der Waals surface area (Å²) in [6, 6.07) is 9.65. The summed E-state index contributed by atoms with van der Waals surface area (Å²) in [6.45, 7) is 2.46. The van der Waals surface area contributed by atoms with Crippen molar-refractivity contribution in [2.75, 3.05) is 0 Å². The molecule has 2 N–H and O–H groups in total.